The third-order valence-corrected chi connectivity index (χ3v) is 3.76. The van der Waals surface area contributed by atoms with E-state index in [4.69, 9.17) is 5.73 Å². The Morgan fingerprint density at radius 1 is 1.37 bits per heavy atom. The molecule has 19 heavy (non-hydrogen) atoms. The molecule has 4 heteroatoms. The van der Waals surface area contributed by atoms with Gasteiger partial charge in [0.2, 0.25) is 5.91 Å². The standard InChI is InChI=1S/C15H23N3O/c1-2-14-5-3-4-10-18(14)11-15(19)17-13-8-6-12(16)7-9-13/h6-9,14H,2-5,10-11,16H2,1H3,(H,17,19). The molecule has 1 aliphatic heterocycles. The highest BCUT2D eigenvalue weighted by Gasteiger charge is 2.22. The zero-order valence-corrected chi connectivity index (χ0v) is 11.6. The zero-order valence-electron chi connectivity index (χ0n) is 11.6. The smallest absolute Gasteiger partial charge is 0.238 e. The number of likely N-dealkylation sites (tertiary alicyclic amines) is 1. The van der Waals surface area contributed by atoms with Crippen molar-refractivity contribution < 1.29 is 4.79 Å². The van der Waals surface area contributed by atoms with Crippen LogP contribution in [0.2, 0.25) is 0 Å². The first-order valence-corrected chi connectivity index (χ1v) is 7.08. The van der Waals surface area contributed by atoms with Gasteiger partial charge in [-0.3, -0.25) is 9.69 Å². The van der Waals surface area contributed by atoms with E-state index in [1.54, 1.807) is 12.1 Å². The van der Waals surface area contributed by atoms with Crippen LogP contribution in [0.25, 0.3) is 0 Å². The molecule has 1 aliphatic rings. The molecule has 1 saturated heterocycles. The number of nitrogens with two attached hydrogens (primary N) is 1. The Kier molecular flexibility index (Phi) is 4.80. The highest BCUT2D eigenvalue weighted by molar-refractivity contribution is 5.92. The van der Waals surface area contributed by atoms with E-state index >= 15 is 0 Å². The number of carbonyl (C=O) groups excluding carboxylic acids is 1. The second-order valence-corrected chi connectivity index (χ2v) is 5.20. The number of nitrogens with one attached hydrogen (secondary N) is 1. The maximum atomic E-state index is 12.0. The number of anilines is 2. The number of carbonyl (C=O) groups is 1. The summed E-state index contributed by atoms with van der Waals surface area (Å²) >= 11 is 0. The lowest BCUT2D eigenvalue weighted by atomic mass is 10.00. The molecule has 1 heterocycles. The third kappa shape index (κ3) is 3.96. The molecular weight excluding hydrogens is 238 g/mol. The van der Waals surface area contributed by atoms with E-state index < -0.39 is 0 Å². The van der Waals surface area contributed by atoms with E-state index in [0.29, 0.717) is 18.3 Å². The summed E-state index contributed by atoms with van der Waals surface area (Å²) in [5.41, 5.74) is 7.14. The van der Waals surface area contributed by atoms with Crippen LogP contribution in [0, 0.1) is 0 Å². The molecular formula is C15H23N3O. The maximum absolute atomic E-state index is 12.0. The quantitative estimate of drug-likeness (QED) is 0.819. The van der Waals surface area contributed by atoms with Crippen molar-refractivity contribution in [3.05, 3.63) is 24.3 Å². The van der Waals surface area contributed by atoms with E-state index in [1.807, 2.05) is 12.1 Å². The lowest BCUT2D eigenvalue weighted by Gasteiger charge is -2.34. The second-order valence-electron chi connectivity index (χ2n) is 5.20. The normalized spacial score (nSPS) is 20.2. The van der Waals surface area contributed by atoms with Crippen molar-refractivity contribution in [2.75, 3.05) is 24.1 Å². The molecule has 0 saturated carbocycles. The van der Waals surface area contributed by atoms with Crippen molar-refractivity contribution in [2.45, 2.75) is 38.6 Å². The fourth-order valence-electron chi connectivity index (χ4n) is 2.68. The van der Waals surface area contributed by atoms with Crippen molar-refractivity contribution >= 4 is 17.3 Å². The number of piperidine rings is 1. The number of nitrogen functional groups attached to an aromatic ring is 1. The van der Waals surface area contributed by atoms with E-state index in [1.165, 1.54) is 19.3 Å². The Morgan fingerprint density at radius 3 is 2.79 bits per heavy atom. The Hall–Kier alpha value is -1.55. The Labute approximate surface area is 115 Å². The minimum absolute atomic E-state index is 0.0603. The predicted molar refractivity (Wildman–Crippen MR) is 79.0 cm³/mol. The van der Waals surface area contributed by atoms with Gasteiger partial charge in [-0.25, -0.2) is 0 Å². The van der Waals surface area contributed by atoms with Gasteiger partial charge >= 0.3 is 0 Å². The zero-order chi connectivity index (χ0) is 13.7. The van der Waals surface area contributed by atoms with Gasteiger partial charge in [0, 0.05) is 17.4 Å². The van der Waals surface area contributed by atoms with E-state index in [2.05, 4.69) is 17.1 Å². The largest absolute Gasteiger partial charge is 0.399 e. The molecule has 2 rings (SSSR count). The summed E-state index contributed by atoms with van der Waals surface area (Å²) in [5.74, 6) is 0.0603. The average Bonchev–Trinajstić information content (AvgIpc) is 2.42. The first-order chi connectivity index (χ1) is 9.19. The van der Waals surface area contributed by atoms with Crippen LogP contribution in [0.1, 0.15) is 32.6 Å². The summed E-state index contributed by atoms with van der Waals surface area (Å²) in [6, 6.07) is 7.82. The van der Waals surface area contributed by atoms with E-state index in [0.717, 1.165) is 18.7 Å². The molecule has 1 fully saturated rings. The Balaban J connectivity index is 1.88. The van der Waals surface area contributed by atoms with Crippen LogP contribution in [-0.4, -0.2) is 29.9 Å². The number of rotatable bonds is 4. The molecule has 1 aromatic rings. The van der Waals surface area contributed by atoms with Gasteiger partial charge < -0.3 is 11.1 Å². The first kappa shape index (κ1) is 13.9. The van der Waals surface area contributed by atoms with Crippen LogP contribution in [0.3, 0.4) is 0 Å². The summed E-state index contributed by atoms with van der Waals surface area (Å²) < 4.78 is 0. The Morgan fingerprint density at radius 2 is 2.11 bits per heavy atom. The highest BCUT2D eigenvalue weighted by Crippen LogP contribution is 2.19. The first-order valence-electron chi connectivity index (χ1n) is 7.08. The molecule has 0 bridgehead atoms. The molecule has 104 valence electrons. The minimum atomic E-state index is 0.0603. The van der Waals surface area contributed by atoms with E-state index in [9.17, 15) is 4.79 Å². The molecule has 0 aliphatic carbocycles. The molecule has 3 N–H and O–H groups in total. The summed E-state index contributed by atoms with van der Waals surface area (Å²) in [6.45, 7) is 3.72. The van der Waals surface area contributed by atoms with Gasteiger partial charge in [0.05, 0.1) is 6.54 Å². The molecule has 1 atom stereocenters. The molecule has 0 spiro atoms. The lowest BCUT2D eigenvalue weighted by Crippen LogP contribution is -2.43. The fourth-order valence-corrected chi connectivity index (χ4v) is 2.68. The van der Waals surface area contributed by atoms with Gasteiger partial charge in [-0.2, -0.15) is 0 Å². The summed E-state index contributed by atoms with van der Waals surface area (Å²) in [7, 11) is 0. The topological polar surface area (TPSA) is 58.4 Å². The Bertz CT molecular complexity index is 416. The molecule has 4 nitrogen and oxygen atoms in total. The lowest BCUT2D eigenvalue weighted by molar-refractivity contribution is -0.118. The van der Waals surface area contributed by atoms with Crippen LogP contribution in [0.15, 0.2) is 24.3 Å². The average molecular weight is 261 g/mol. The summed E-state index contributed by atoms with van der Waals surface area (Å²) in [4.78, 5) is 14.3. The highest BCUT2D eigenvalue weighted by atomic mass is 16.2. The van der Waals surface area contributed by atoms with Crippen LogP contribution in [0.5, 0.6) is 0 Å². The number of amides is 1. The van der Waals surface area contributed by atoms with Gasteiger partial charge in [-0.15, -0.1) is 0 Å². The second kappa shape index (κ2) is 6.57. The molecule has 1 aromatic carbocycles. The molecule has 1 unspecified atom stereocenters. The number of benzene rings is 1. The van der Waals surface area contributed by atoms with Gasteiger partial charge in [0.15, 0.2) is 0 Å². The molecule has 0 aromatic heterocycles. The van der Waals surface area contributed by atoms with Crippen LogP contribution in [0.4, 0.5) is 11.4 Å². The third-order valence-electron chi connectivity index (χ3n) is 3.76. The van der Waals surface area contributed by atoms with Gasteiger partial charge in [0.25, 0.3) is 0 Å². The van der Waals surface area contributed by atoms with Crippen LogP contribution in [-0.2, 0) is 4.79 Å². The summed E-state index contributed by atoms with van der Waals surface area (Å²) in [6.07, 6.45) is 4.82. The monoisotopic (exact) mass is 261 g/mol. The molecule has 0 radical (unpaired) electrons. The van der Waals surface area contributed by atoms with Crippen molar-refractivity contribution in [3.63, 3.8) is 0 Å². The van der Waals surface area contributed by atoms with Gasteiger partial charge in [-0.1, -0.05) is 13.3 Å². The number of hydrogen-bond donors (Lipinski definition) is 2. The predicted octanol–water partition coefficient (Wildman–Crippen LogP) is 2.47. The summed E-state index contributed by atoms with van der Waals surface area (Å²) in [5, 5.41) is 2.92. The maximum Gasteiger partial charge on any atom is 0.238 e. The van der Waals surface area contributed by atoms with Crippen molar-refractivity contribution in [1.29, 1.82) is 0 Å². The number of hydrogen-bond acceptors (Lipinski definition) is 3. The molecule has 1 amide bonds. The fraction of sp³-hybridized carbons (Fsp3) is 0.533. The SMILES string of the molecule is CCC1CCCCN1CC(=O)Nc1ccc(N)cc1. The van der Waals surface area contributed by atoms with Crippen LogP contribution < -0.4 is 11.1 Å². The van der Waals surface area contributed by atoms with Crippen molar-refractivity contribution in [1.82, 2.24) is 4.90 Å². The van der Waals surface area contributed by atoms with Gasteiger partial charge in [0.1, 0.15) is 0 Å². The van der Waals surface area contributed by atoms with Gasteiger partial charge in [-0.05, 0) is 50.1 Å². The minimum Gasteiger partial charge on any atom is -0.399 e. The number of nitrogens with zero attached hydrogens (tertiary/aromatic N) is 1. The van der Waals surface area contributed by atoms with E-state index in [-0.39, 0.29) is 5.91 Å². The van der Waals surface area contributed by atoms with Crippen molar-refractivity contribution in [2.24, 2.45) is 0 Å². The van der Waals surface area contributed by atoms with Crippen LogP contribution >= 0.6 is 0 Å². The van der Waals surface area contributed by atoms with Crippen molar-refractivity contribution in [3.8, 4) is 0 Å².